The summed E-state index contributed by atoms with van der Waals surface area (Å²) in [6.07, 6.45) is 2.58. The van der Waals surface area contributed by atoms with Crippen LogP contribution in [0.4, 0.5) is 0 Å². The summed E-state index contributed by atoms with van der Waals surface area (Å²) >= 11 is 5.83. The normalized spacial score (nSPS) is 17.6. The molecule has 0 aromatic heterocycles. The van der Waals surface area contributed by atoms with Gasteiger partial charge in [0.15, 0.2) is 0 Å². The van der Waals surface area contributed by atoms with Crippen LogP contribution in [0.1, 0.15) is 27.9 Å². The van der Waals surface area contributed by atoms with Gasteiger partial charge < -0.3 is 15.3 Å². The maximum Gasteiger partial charge on any atom is 0.251 e. The SMILES string of the molecule is CN(CC(O)CNC(=O)c1ccc(Cl)cc1)C1CCc2ccccc2C1. The summed E-state index contributed by atoms with van der Waals surface area (Å²) in [5.41, 5.74) is 3.38. The summed E-state index contributed by atoms with van der Waals surface area (Å²) in [5, 5.41) is 13.7. The van der Waals surface area contributed by atoms with E-state index in [1.807, 2.05) is 7.05 Å². The second kappa shape index (κ2) is 8.67. The van der Waals surface area contributed by atoms with E-state index in [1.54, 1.807) is 24.3 Å². The highest BCUT2D eigenvalue weighted by Gasteiger charge is 2.23. The van der Waals surface area contributed by atoms with Crippen molar-refractivity contribution in [3.63, 3.8) is 0 Å². The Morgan fingerprint density at radius 2 is 1.92 bits per heavy atom. The van der Waals surface area contributed by atoms with E-state index in [-0.39, 0.29) is 12.5 Å². The van der Waals surface area contributed by atoms with Gasteiger partial charge in [0.05, 0.1) is 6.10 Å². The fraction of sp³-hybridized carbons (Fsp3) is 0.381. The van der Waals surface area contributed by atoms with Crippen LogP contribution in [0.3, 0.4) is 0 Å². The first-order valence-electron chi connectivity index (χ1n) is 9.02. The molecule has 26 heavy (non-hydrogen) atoms. The summed E-state index contributed by atoms with van der Waals surface area (Å²) in [4.78, 5) is 14.3. The summed E-state index contributed by atoms with van der Waals surface area (Å²) in [6, 6.07) is 15.7. The molecule has 2 aromatic rings. The molecule has 2 unspecified atom stereocenters. The van der Waals surface area contributed by atoms with E-state index in [9.17, 15) is 9.90 Å². The molecule has 1 amide bonds. The number of aliphatic hydroxyl groups is 1. The van der Waals surface area contributed by atoms with Crippen molar-refractivity contribution in [1.29, 1.82) is 0 Å². The molecule has 3 rings (SSSR count). The number of amides is 1. The number of nitrogens with one attached hydrogen (secondary N) is 1. The third kappa shape index (κ3) is 4.85. The monoisotopic (exact) mass is 372 g/mol. The standard InChI is InChI=1S/C21H25ClN2O2/c1-24(19-11-8-15-4-2-3-5-17(15)12-19)14-20(25)13-23-21(26)16-6-9-18(22)10-7-16/h2-7,9-10,19-20,25H,8,11-14H2,1H3,(H,23,26). The maximum absolute atomic E-state index is 12.1. The molecular weight excluding hydrogens is 348 g/mol. The molecule has 0 radical (unpaired) electrons. The largest absolute Gasteiger partial charge is 0.390 e. The molecule has 1 aliphatic rings. The number of halogens is 1. The molecule has 2 N–H and O–H groups in total. The van der Waals surface area contributed by atoms with Gasteiger partial charge in [0, 0.05) is 29.7 Å². The van der Waals surface area contributed by atoms with Gasteiger partial charge in [0.25, 0.3) is 5.91 Å². The van der Waals surface area contributed by atoms with Gasteiger partial charge in [-0.25, -0.2) is 0 Å². The van der Waals surface area contributed by atoms with Crippen molar-refractivity contribution in [2.75, 3.05) is 20.1 Å². The van der Waals surface area contributed by atoms with E-state index in [4.69, 9.17) is 11.6 Å². The van der Waals surface area contributed by atoms with Crippen molar-refractivity contribution < 1.29 is 9.90 Å². The molecule has 2 atom stereocenters. The van der Waals surface area contributed by atoms with Crippen LogP contribution in [0.5, 0.6) is 0 Å². The molecule has 0 fully saturated rings. The number of carbonyl (C=O) groups excluding carboxylic acids is 1. The first-order valence-corrected chi connectivity index (χ1v) is 9.39. The van der Waals surface area contributed by atoms with E-state index in [0.717, 1.165) is 19.3 Å². The number of likely N-dealkylation sites (N-methyl/N-ethyl adjacent to an activating group) is 1. The molecule has 0 saturated heterocycles. The van der Waals surface area contributed by atoms with Gasteiger partial charge in [-0.05, 0) is 61.7 Å². The average molecular weight is 373 g/mol. The Labute approximate surface area is 159 Å². The Kier molecular flexibility index (Phi) is 6.30. The van der Waals surface area contributed by atoms with Gasteiger partial charge in [-0.1, -0.05) is 35.9 Å². The van der Waals surface area contributed by atoms with Crippen LogP contribution in [0.15, 0.2) is 48.5 Å². The van der Waals surface area contributed by atoms with Gasteiger partial charge in [0.2, 0.25) is 0 Å². The van der Waals surface area contributed by atoms with Crippen LogP contribution < -0.4 is 5.32 Å². The van der Waals surface area contributed by atoms with E-state index < -0.39 is 6.10 Å². The molecule has 5 heteroatoms. The number of carbonyl (C=O) groups is 1. The molecule has 1 aliphatic carbocycles. The van der Waals surface area contributed by atoms with Gasteiger partial charge in [-0.15, -0.1) is 0 Å². The number of hydrogen-bond donors (Lipinski definition) is 2. The van der Waals surface area contributed by atoms with Crippen molar-refractivity contribution in [2.24, 2.45) is 0 Å². The fourth-order valence-electron chi connectivity index (χ4n) is 3.51. The molecule has 0 spiro atoms. The minimum absolute atomic E-state index is 0.199. The number of rotatable bonds is 6. The van der Waals surface area contributed by atoms with Crippen molar-refractivity contribution in [1.82, 2.24) is 10.2 Å². The van der Waals surface area contributed by atoms with Crippen molar-refractivity contribution in [3.8, 4) is 0 Å². The number of hydrogen-bond acceptors (Lipinski definition) is 3. The number of nitrogens with zero attached hydrogens (tertiary/aromatic N) is 1. The highest BCUT2D eigenvalue weighted by atomic mass is 35.5. The van der Waals surface area contributed by atoms with Crippen LogP contribution in [0.25, 0.3) is 0 Å². The van der Waals surface area contributed by atoms with Crippen LogP contribution in [-0.2, 0) is 12.8 Å². The highest BCUT2D eigenvalue weighted by Crippen LogP contribution is 2.23. The first kappa shape index (κ1) is 18.9. The summed E-state index contributed by atoms with van der Waals surface area (Å²) in [5.74, 6) is -0.199. The van der Waals surface area contributed by atoms with Gasteiger partial charge >= 0.3 is 0 Å². The van der Waals surface area contributed by atoms with Gasteiger partial charge in [-0.3, -0.25) is 4.79 Å². The Balaban J connectivity index is 1.46. The summed E-state index contributed by atoms with van der Waals surface area (Å²) in [6.45, 7) is 0.767. The van der Waals surface area contributed by atoms with Crippen LogP contribution in [0, 0.1) is 0 Å². The predicted molar refractivity (Wildman–Crippen MR) is 105 cm³/mol. The smallest absolute Gasteiger partial charge is 0.251 e. The third-order valence-electron chi connectivity index (χ3n) is 5.05. The summed E-state index contributed by atoms with van der Waals surface area (Å²) in [7, 11) is 2.04. The zero-order valence-corrected chi connectivity index (χ0v) is 15.7. The van der Waals surface area contributed by atoms with Crippen LogP contribution in [-0.4, -0.2) is 48.2 Å². The van der Waals surface area contributed by atoms with Crippen molar-refractivity contribution in [2.45, 2.75) is 31.4 Å². The molecule has 0 aliphatic heterocycles. The minimum Gasteiger partial charge on any atom is -0.390 e. The quantitative estimate of drug-likeness (QED) is 0.819. The number of fused-ring (bicyclic) bond motifs is 1. The third-order valence-corrected chi connectivity index (χ3v) is 5.30. The van der Waals surface area contributed by atoms with E-state index in [1.165, 1.54) is 11.1 Å². The minimum atomic E-state index is -0.603. The van der Waals surface area contributed by atoms with E-state index in [2.05, 4.69) is 34.5 Å². The van der Waals surface area contributed by atoms with E-state index >= 15 is 0 Å². The molecule has 2 aromatic carbocycles. The van der Waals surface area contributed by atoms with Crippen LogP contribution >= 0.6 is 11.6 Å². The first-order chi connectivity index (χ1) is 12.5. The Hall–Kier alpha value is -1.88. The molecule has 0 heterocycles. The zero-order valence-electron chi connectivity index (χ0n) is 15.0. The fourth-order valence-corrected chi connectivity index (χ4v) is 3.64. The Morgan fingerprint density at radius 3 is 2.65 bits per heavy atom. The number of benzene rings is 2. The van der Waals surface area contributed by atoms with Crippen LogP contribution in [0.2, 0.25) is 5.02 Å². The highest BCUT2D eigenvalue weighted by molar-refractivity contribution is 6.30. The molecule has 4 nitrogen and oxygen atoms in total. The maximum atomic E-state index is 12.1. The average Bonchev–Trinajstić information content (AvgIpc) is 2.66. The van der Waals surface area contributed by atoms with Crippen molar-refractivity contribution in [3.05, 3.63) is 70.2 Å². The second-order valence-electron chi connectivity index (χ2n) is 6.98. The predicted octanol–water partition coefficient (Wildman–Crippen LogP) is 2.92. The molecular formula is C21H25ClN2O2. The Morgan fingerprint density at radius 1 is 1.23 bits per heavy atom. The second-order valence-corrected chi connectivity index (χ2v) is 7.41. The molecule has 138 valence electrons. The lowest BCUT2D eigenvalue weighted by Gasteiger charge is -2.33. The molecule has 0 saturated carbocycles. The summed E-state index contributed by atoms with van der Waals surface area (Å²) < 4.78 is 0. The topological polar surface area (TPSA) is 52.6 Å². The number of aryl methyl sites for hydroxylation is 1. The van der Waals surface area contributed by atoms with Crippen molar-refractivity contribution >= 4 is 17.5 Å². The lowest BCUT2D eigenvalue weighted by Crippen LogP contribution is -2.44. The number of aliphatic hydroxyl groups excluding tert-OH is 1. The lowest BCUT2D eigenvalue weighted by molar-refractivity contribution is 0.0824. The van der Waals surface area contributed by atoms with Gasteiger partial charge in [-0.2, -0.15) is 0 Å². The van der Waals surface area contributed by atoms with E-state index in [0.29, 0.717) is 23.2 Å². The molecule has 0 bridgehead atoms. The van der Waals surface area contributed by atoms with Gasteiger partial charge in [0.1, 0.15) is 0 Å². The Bertz CT molecular complexity index is 748. The zero-order chi connectivity index (χ0) is 18.5. The lowest BCUT2D eigenvalue weighted by atomic mass is 9.87.